The second-order valence-electron chi connectivity index (χ2n) is 13.0. The van der Waals surface area contributed by atoms with Crippen LogP contribution < -0.4 is 0 Å². The monoisotopic (exact) mass is 666 g/mol. The molecule has 0 N–H and O–H groups in total. The smallest absolute Gasteiger partial charge is 0.164 e. The molecule has 0 aliphatic heterocycles. The highest BCUT2D eigenvalue weighted by molar-refractivity contribution is 6.19. The van der Waals surface area contributed by atoms with E-state index in [4.69, 9.17) is 28.8 Å². The predicted octanol–water partition coefficient (Wildman–Crippen LogP) is 12.0. The topological polar surface area (TPSA) is 77.8 Å². The number of nitrogens with zero attached hydrogens (tertiary/aromatic N) is 4. The molecular weight excluding hydrogens is 641 g/mol. The van der Waals surface area contributed by atoms with E-state index in [1.807, 2.05) is 85.1 Å². The fourth-order valence-electron chi connectivity index (χ4n) is 7.65. The Kier molecular flexibility index (Phi) is 6.15. The van der Waals surface area contributed by atoms with Gasteiger partial charge in [0, 0.05) is 44.4 Å². The van der Waals surface area contributed by atoms with Crippen molar-refractivity contribution in [2.75, 3.05) is 0 Å². The number of para-hydroxylation sites is 1. The maximum Gasteiger partial charge on any atom is 0.164 e. The second-order valence-corrected chi connectivity index (χ2v) is 13.0. The molecule has 0 aliphatic rings. The van der Waals surface area contributed by atoms with Gasteiger partial charge in [-0.15, -0.1) is 0 Å². The minimum absolute atomic E-state index is 0.585. The molecule has 6 nitrogen and oxygen atoms in total. The van der Waals surface area contributed by atoms with E-state index >= 15 is 0 Å². The first kappa shape index (κ1) is 28.6. The normalized spacial score (nSPS) is 11.8. The van der Waals surface area contributed by atoms with Crippen LogP contribution in [0.2, 0.25) is 0 Å². The summed E-state index contributed by atoms with van der Waals surface area (Å²) in [5, 5.41) is 7.21. The van der Waals surface area contributed by atoms with Crippen LogP contribution in [0.1, 0.15) is 0 Å². The molecule has 0 radical (unpaired) electrons. The molecule has 11 aromatic rings. The van der Waals surface area contributed by atoms with E-state index in [0.717, 1.165) is 93.4 Å². The van der Waals surface area contributed by atoms with Gasteiger partial charge in [-0.2, -0.15) is 0 Å². The van der Waals surface area contributed by atoms with Crippen molar-refractivity contribution in [3.8, 4) is 45.3 Å². The molecule has 0 atom stereocenters. The average Bonchev–Trinajstić information content (AvgIpc) is 3.80. The summed E-state index contributed by atoms with van der Waals surface area (Å²) in [6.45, 7) is 0. The first-order valence-corrected chi connectivity index (χ1v) is 17.2. The van der Waals surface area contributed by atoms with Gasteiger partial charge in [0.05, 0.1) is 5.39 Å². The van der Waals surface area contributed by atoms with E-state index in [1.165, 1.54) is 0 Å². The molecule has 0 spiro atoms. The summed E-state index contributed by atoms with van der Waals surface area (Å²) in [5.41, 5.74) is 8.93. The van der Waals surface area contributed by atoms with Crippen LogP contribution in [-0.2, 0) is 0 Å². The van der Waals surface area contributed by atoms with Crippen LogP contribution in [0.5, 0.6) is 0 Å². The lowest BCUT2D eigenvalue weighted by atomic mass is 9.93. The minimum Gasteiger partial charge on any atom is -0.456 e. The SMILES string of the molecule is c1ccc(-c2nc(-c3cccc4c(-c5cccc6oc7c8ccccc8cnc7c56)cccc34)nc(-c3cccc4oc5ccccc5c34)n2)cc1. The number of pyridine rings is 1. The van der Waals surface area contributed by atoms with E-state index in [1.54, 1.807) is 0 Å². The number of benzene rings is 7. The van der Waals surface area contributed by atoms with E-state index in [9.17, 15) is 0 Å². The number of rotatable bonds is 4. The summed E-state index contributed by atoms with van der Waals surface area (Å²) < 4.78 is 12.7. The van der Waals surface area contributed by atoms with Crippen LogP contribution in [0.25, 0.3) is 111 Å². The van der Waals surface area contributed by atoms with Crippen LogP contribution in [0, 0.1) is 0 Å². The highest BCUT2D eigenvalue weighted by atomic mass is 16.3. The fourth-order valence-corrected chi connectivity index (χ4v) is 7.65. The summed E-state index contributed by atoms with van der Waals surface area (Å²) in [6.07, 6.45) is 1.93. The van der Waals surface area contributed by atoms with Gasteiger partial charge < -0.3 is 8.83 Å². The van der Waals surface area contributed by atoms with Gasteiger partial charge in [0.1, 0.15) is 22.3 Å². The second kappa shape index (κ2) is 11.2. The summed E-state index contributed by atoms with van der Waals surface area (Å²) >= 11 is 0. The molecular formula is C46H26N4O2. The highest BCUT2D eigenvalue weighted by Crippen LogP contribution is 2.42. The minimum atomic E-state index is 0.585. The van der Waals surface area contributed by atoms with Crippen molar-refractivity contribution in [3.63, 3.8) is 0 Å². The maximum absolute atomic E-state index is 6.50. The van der Waals surface area contributed by atoms with Crippen molar-refractivity contribution < 1.29 is 8.83 Å². The van der Waals surface area contributed by atoms with Crippen molar-refractivity contribution in [1.82, 2.24) is 19.9 Å². The van der Waals surface area contributed by atoms with Crippen molar-refractivity contribution in [2.24, 2.45) is 0 Å². The molecule has 0 saturated carbocycles. The van der Waals surface area contributed by atoms with Crippen molar-refractivity contribution >= 4 is 65.6 Å². The van der Waals surface area contributed by atoms with Crippen LogP contribution in [0.4, 0.5) is 0 Å². The van der Waals surface area contributed by atoms with Gasteiger partial charge in [0.2, 0.25) is 0 Å². The van der Waals surface area contributed by atoms with E-state index < -0.39 is 0 Å². The molecule has 0 bridgehead atoms. The number of aromatic nitrogens is 4. The van der Waals surface area contributed by atoms with E-state index in [0.29, 0.717) is 17.5 Å². The molecule has 0 saturated heterocycles. The highest BCUT2D eigenvalue weighted by Gasteiger charge is 2.21. The number of fused-ring (bicyclic) bond motifs is 9. The molecule has 6 heteroatoms. The van der Waals surface area contributed by atoms with Crippen molar-refractivity contribution in [2.45, 2.75) is 0 Å². The fraction of sp³-hybridized carbons (Fsp3) is 0. The Labute approximate surface area is 296 Å². The van der Waals surface area contributed by atoms with Gasteiger partial charge in [-0.1, -0.05) is 133 Å². The first-order chi connectivity index (χ1) is 25.8. The zero-order chi connectivity index (χ0) is 34.2. The molecule has 11 rings (SSSR count). The Morgan fingerprint density at radius 3 is 1.79 bits per heavy atom. The van der Waals surface area contributed by atoms with Gasteiger partial charge in [0.25, 0.3) is 0 Å². The lowest BCUT2D eigenvalue weighted by molar-refractivity contribution is 0.669. The Balaban J connectivity index is 1.15. The quantitative estimate of drug-likeness (QED) is 0.186. The van der Waals surface area contributed by atoms with Gasteiger partial charge in [-0.25, -0.2) is 15.0 Å². The predicted molar refractivity (Wildman–Crippen MR) is 209 cm³/mol. The first-order valence-electron chi connectivity index (χ1n) is 17.2. The molecule has 52 heavy (non-hydrogen) atoms. The van der Waals surface area contributed by atoms with Crippen molar-refractivity contribution in [1.29, 1.82) is 0 Å². The molecule has 0 fully saturated rings. The molecule has 4 aromatic heterocycles. The molecule has 4 heterocycles. The summed E-state index contributed by atoms with van der Waals surface area (Å²) in [4.78, 5) is 20.3. The third-order valence-electron chi connectivity index (χ3n) is 9.99. The van der Waals surface area contributed by atoms with Crippen LogP contribution >= 0.6 is 0 Å². The van der Waals surface area contributed by atoms with Gasteiger partial charge >= 0.3 is 0 Å². The standard InChI is InChI=1S/C46H26N4O2/c1-2-12-27(13-3-1)44-48-45(50-46(49-44)36-22-11-24-38-40(36)35-16-6-7-23-37(35)51-38)34-21-9-17-30-31(18-8-19-32(30)34)33-20-10-25-39-41(33)42-43(52-39)29-15-5-4-14-28(29)26-47-42/h1-26H. The Bertz CT molecular complexity index is 3200. The summed E-state index contributed by atoms with van der Waals surface area (Å²) in [5.74, 6) is 1.78. The number of furan rings is 2. The largest absolute Gasteiger partial charge is 0.456 e. The zero-order valence-electron chi connectivity index (χ0n) is 27.6. The van der Waals surface area contributed by atoms with Crippen LogP contribution in [0.15, 0.2) is 167 Å². The Morgan fingerprint density at radius 2 is 0.942 bits per heavy atom. The molecule has 0 unspecified atom stereocenters. The average molecular weight is 667 g/mol. The van der Waals surface area contributed by atoms with Crippen molar-refractivity contribution in [3.05, 3.63) is 158 Å². The van der Waals surface area contributed by atoms with Crippen LogP contribution in [-0.4, -0.2) is 19.9 Å². The van der Waals surface area contributed by atoms with Gasteiger partial charge in [-0.05, 0) is 40.1 Å². The number of hydrogen-bond acceptors (Lipinski definition) is 6. The Hall–Kier alpha value is -7.18. The van der Waals surface area contributed by atoms with E-state index in [-0.39, 0.29) is 0 Å². The molecule has 0 amide bonds. The third-order valence-corrected chi connectivity index (χ3v) is 9.99. The van der Waals surface area contributed by atoms with E-state index in [2.05, 4.69) is 72.8 Å². The van der Waals surface area contributed by atoms with Gasteiger partial charge in [0.15, 0.2) is 23.1 Å². The lowest BCUT2D eigenvalue weighted by Gasteiger charge is -2.13. The zero-order valence-corrected chi connectivity index (χ0v) is 27.6. The summed E-state index contributed by atoms with van der Waals surface area (Å²) in [7, 11) is 0. The van der Waals surface area contributed by atoms with Crippen LogP contribution in [0.3, 0.4) is 0 Å². The lowest BCUT2D eigenvalue weighted by Crippen LogP contribution is -2.01. The summed E-state index contributed by atoms with van der Waals surface area (Å²) in [6, 6.07) is 51.4. The third kappa shape index (κ3) is 4.31. The maximum atomic E-state index is 6.50. The molecule has 7 aromatic carbocycles. The van der Waals surface area contributed by atoms with Gasteiger partial charge in [-0.3, -0.25) is 4.98 Å². The molecule has 242 valence electrons. The number of hydrogen-bond donors (Lipinski definition) is 0. The molecule has 0 aliphatic carbocycles. The Morgan fingerprint density at radius 1 is 0.365 bits per heavy atom.